The fourth-order valence-electron chi connectivity index (χ4n) is 2.97. The van der Waals surface area contributed by atoms with Crippen molar-refractivity contribution < 1.29 is 13.3 Å². The van der Waals surface area contributed by atoms with Crippen LogP contribution in [-0.2, 0) is 16.4 Å². The van der Waals surface area contributed by atoms with E-state index in [1.807, 2.05) is 0 Å². The highest BCUT2D eigenvalue weighted by molar-refractivity contribution is 7.92. The summed E-state index contributed by atoms with van der Waals surface area (Å²) in [5, 5.41) is 11.0. The molecule has 0 radical (unpaired) electrons. The molecule has 2 aromatic rings. The van der Waals surface area contributed by atoms with E-state index in [0.29, 0.717) is 36.3 Å². The lowest BCUT2D eigenvalue weighted by atomic mass is 10.0. The van der Waals surface area contributed by atoms with Gasteiger partial charge < -0.3 is 5.73 Å². The maximum Gasteiger partial charge on any atom is 0.270 e. The van der Waals surface area contributed by atoms with Crippen molar-refractivity contribution in [2.24, 2.45) is 0 Å². The minimum atomic E-state index is -3.91. The van der Waals surface area contributed by atoms with Crippen molar-refractivity contribution in [3.8, 4) is 0 Å². The lowest BCUT2D eigenvalue weighted by Gasteiger charge is -2.31. The molecule has 1 heterocycles. The van der Waals surface area contributed by atoms with E-state index < -0.39 is 14.9 Å². The highest BCUT2D eigenvalue weighted by atomic mass is 35.5. The van der Waals surface area contributed by atoms with E-state index in [0.717, 1.165) is 11.6 Å². The zero-order chi connectivity index (χ0) is 17.5. The van der Waals surface area contributed by atoms with Gasteiger partial charge in [0.2, 0.25) is 0 Å². The maximum atomic E-state index is 13.1. The second-order valence-electron chi connectivity index (χ2n) is 5.73. The number of fused-ring (bicyclic) bond motifs is 1. The molecule has 0 aromatic heterocycles. The number of nitrogens with two attached hydrogens (primary N) is 1. The number of anilines is 2. The Kier molecular flexibility index (Phi) is 5.24. The summed E-state index contributed by atoms with van der Waals surface area (Å²) in [5.74, 6) is 0. The molecule has 0 fully saturated rings. The number of nitrogen functional groups attached to an aromatic ring is 1. The van der Waals surface area contributed by atoms with Gasteiger partial charge in [0, 0.05) is 24.4 Å². The second kappa shape index (κ2) is 6.89. The van der Waals surface area contributed by atoms with E-state index in [1.165, 1.54) is 16.4 Å². The van der Waals surface area contributed by atoms with Crippen LogP contribution in [0.3, 0.4) is 0 Å². The van der Waals surface area contributed by atoms with Crippen LogP contribution in [0.25, 0.3) is 0 Å². The van der Waals surface area contributed by atoms with Gasteiger partial charge in [-0.2, -0.15) is 0 Å². The Morgan fingerprint density at radius 3 is 2.64 bits per heavy atom. The van der Waals surface area contributed by atoms with Crippen molar-refractivity contribution in [1.82, 2.24) is 0 Å². The fraction of sp³-hybridized carbons (Fsp3) is 0.250. The molecular weight excluding hydrogens is 366 g/mol. The number of sulfonamides is 1. The molecule has 2 aromatic carbocycles. The number of nitro benzene ring substituents is 1. The third kappa shape index (κ3) is 3.27. The fourth-order valence-corrected chi connectivity index (χ4v) is 4.75. The van der Waals surface area contributed by atoms with Gasteiger partial charge in [-0.15, -0.1) is 12.4 Å². The van der Waals surface area contributed by atoms with Gasteiger partial charge >= 0.3 is 0 Å². The minimum absolute atomic E-state index is 0. The van der Waals surface area contributed by atoms with Crippen molar-refractivity contribution >= 4 is 39.5 Å². The topological polar surface area (TPSA) is 107 Å². The molecule has 9 heteroatoms. The standard InChI is InChI=1S/C16H17N3O4S.ClH/c1-11-7-8-12(19(20)21)10-16(11)24(22,23)18-9-3-4-13-14(17)5-2-6-15(13)18;/h2,5-8,10H,3-4,9,17H2,1H3;1H. The third-order valence-corrected chi connectivity index (χ3v) is 6.15. The van der Waals surface area contributed by atoms with Crippen molar-refractivity contribution in [1.29, 1.82) is 0 Å². The van der Waals surface area contributed by atoms with Gasteiger partial charge in [-0.1, -0.05) is 12.1 Å². The summed E-state index contributed by atoms with van der Waals surface area (Å²) >= 11 is 0. The van der Waals surface area contributed by atoms with Crippen LogP contribution in [0.1, 0.15) is 17.5 Å². The SMILES string of the molecule is Cc1ccc([N+](=O)[O-])cc1S(=O)(=O)N1CCCc2c(N)cccc21.Cl. The average molecular weight is 384 g/mol. The lowest BCUT2D eigenvalue weighted by molar-refractivity contribution is -0.385. The molecule has 134 valence electrons. The maximum absolute atomic E-state index is 13.1. The predicted octanol–water partition coefficient (Wildman–Crippen LogP) is 3.05. The summed E-state index contributed by atoms with van der Waals surface area (Å²) in [7, 11) is -3.91. The number of halogens is 1. The van der Waals surface area contributed by atoms with Crippen LogP contribution in [-0.4, -0.2) is 19.9 Å². The van der Waals surface area contributed by atoms with Gasteiger partial charge in [0.25, 0.3) is 15.7 Å². The number of nitrogens with zero attached hydrogens (tertiary/aromatic N) is 2. The molecule has 0 saturated carbocycles. The van der Waals surface area contributed by atoms with Crippen LogP contribution < -0.4 is 10.0 Å². The number of hydrogen-bond donors (Lipinski definition) is 1. The molecule has 25 heavy (non-hydrogen) atoms. The molecule has 0 atom stereocenters. The molecular formula is C16H18ClN3O4S. The Morgan fingerprint density at radius 2 is 1.96 bits per heavy atom. The number of hydrogen-bond acceptors (Lipinski definition) is 5. The van der Waals surface area contributed by atoms with Crippen LogP contribution in [0.2, 0.25) is 0 Å². The average Bonchev–Trinajstić information content (AvgIpc) is 2.54. The van der Waals surface area contributed by atoms with E-state index in [1.54, 1.807) is 25.1 Å². The molecule has 1 aliphatic heterocycles. The Labute approximate surface area is 152 Å². The van der Waals surface area contributed by atoms with Crippen molar-refractivity contribution in [2.45, 2.75) is 24.7 Å². The summed E-state index contributed by atoms with van der Waals surface area (Å²) in [6, 6.07) is 9.04. The number of rotatable bonds is 3. The van der Waals surface area contributed by atoms with Crippen LogP contribution in [0.15, 0.2) is 41.3 Å². The summed E-state index contributed by atoms with van der Waals surface area (Å²) in [4.78, 5) is 10.3. The van der Waals surface area contributed by atoms with Crippen molar-refractivity contribution in [3.05, 3.63) is 57.6 Å². The summed E-state index contributed by atoms with van der Waals surface area (Å²) in [6.45, 7) is 1.95. The molecule has 0 saturated heterocycles. The van der Waals surface area contributed by atoms with Crippen LogP contribution >= 0.6 is 12.4 Å². The first-order valence-corrected chi connectivity index (χ1v) is 8.91. The van der Waals surface area contributed by atoms with E-state index in [-0.39, 0.29) is 23.0 Å². The zero-order valence-corrected chi connectivity index (χ0v) is 15.1. The number of non-ortho nitro benzene ring substituents is 1. The normalized spacial score (nSPS) is 13.7. The first-order valence-electron chi connectivity index (χ1n) is 7.47. The van der Waals surface area contributed by atoms with E-state index in [4.69, 9.17) is 5.73 Å². The smallest absolute Gasteiger partial charge is 0.270 e. The molecule has 0 unspecified atom stereocenters. The monoisotopic (exact) mass is 383 g/mol. The number of aryl methyl sites for hydroxylation is 1. The molecule has 0 aliphatic carbocycles. The molecule has 0 spiro atoms. The molecule has 1 aliphatic rings. The largest absolute Gasteiger partial charge is 0.398 e. The molecule has 7 nitrogen and oxygen atoms in total. The summed E-state index contributed by atoms with van der Waals surface area (Å²) in [6.07, 6.45) is 1.36. The highest BCUT2D eigenvalue weighted by Gasteiger charge is 2.31. The van der Waals surface area contributed by atoms with E-state index >= 15 is 0 Å². The number of nitro groups is 1. The summed E-state index contributed by atoms with van der Waals surface area (Å²) in [5.41, 5.74) is 8.10. The van der Waals surface area contributed by atoms with Gasteiger partial charge in [0.05, 0.1) is 15.5 Å². The van der Waals surface area contributed by atoms with Gasteiger partial charge in [-0.05, 0) is 43.0 Å². The predicted molar refractivity (Wildman–Crippen MR) is 98.8 cm³/mol. The van der Waals surface area contributed by atoms with E-state index in [2.05, 4.69) is 0 Å². The van der Waals surface area contributed by atoms with Crippen LogP contribution in [0.4, 0.5) is 17.1 Å². The lowest BCUT2D eigenvalue weighted by Crippen LogP contribution is -2.36. The summed E-state index contributed by atoms with van der Waals surface area (Å²) < 4.78 is 27.5. The molecule has 0 bridgehead atoms. The minimum Gasteiger partial charge on any atom is -0.398 e. The van der Waals surface area contributed by atoms with Crippen LogP contribution in [0, 0.1) is 17.0 Å². The first-order chi connectivity index (χ1) is 11.3. The third-order valence-electron chi connectivity index (χ3n) is 4.19. The molecule has 0 amide bonds. The Hall–Kier alpha value is -2.32. The Bertz CT molecular complexity index is 931. The van der Waals surface area contributed by atoms with Crippen LogP contribution in [0.5, 0.6) is 0 Å². The highest BCUT2D eigenvalue weighted by Crippen LogP contribution is 2.36. The van der Waals surface area contributed by atoms with Gasteiger partial charge in [-0.25, -0.2) is 8.42 Å². The van der Waals surface area contributed by atoms with Gasteiger partial charge in [0.1, 0.15) is 0 Å². The van der Waals surface area contributed by atoms with Gasteiger partial charge in [0.15, 0.2) is 0 Å². The quantitative estimate of drug-likeness (QED) is 0.498. The molecule has 3 rings (SSSR count). The molecule has 2 N–H and O–H groups in total. The zero-order valence-electron chi connectivity index (χ0n) is 13.5. The van der Waals surface area contributed by atoms with E-state index in [9.17, 15) is 18.5 Å². The first kappa shape index (κ1) is 19.0. The van der Waals surface area contributed by atoms with Crippen molar-refractivity contribution in [2.75, 3.05) is 16.6 Å². The Morgan fingerprint density at radius 1 is 1.24 bits per heavy atom. The number of benzene rings is 2. The van der Waals surface area contributed by atoms with Crippen molar-refractivity contribution in [3.63, 3.8) is 0 Å². The van der Waals surface area contributed by atoms with Gasteiger partial charge in [-0.3, -0.25) is 14.4 Å². The second-order valence-corrected chi connectivity index (χ2v) is 7.56. The Balaban J connectivity index is 0.00000225.